The third-order valence-corrected chi connectivity index (χ3v) is 9.73. The highest BCUT2D eigenvalue weighted by atomic mass is 28.4. The summed E-state index contributed by atoms with van der Waals surface area (Å²) in [5.74, 6) is 0. The van der Waals surface area contributed by atoms with Crippen molar-refractivity contribution in [1.82, 2.24) is 4.90 Å². The molecule has 1 aromatic carbocycles. The lowest BCUT2D eigenvalue weighted by molar-refractivity contribution is 0.0114. The molecule has 0 saturated carbocycles. The van der Waals surface area contributed by atoms with Crippen LogP contribution in [0.4, 0.5) is 10.5 Å². The summed E-state index contributed by atoms with van der Waals surface area (Å²) in [6.45, 7) is 13.0. The number of amides is 1. The molecule has 1 aromatic rings. The molecule has 0 radical (unpaired) electrons. The second kappa shape index (κ2) is 10.8. The minimum Gasteiger partial charge on any atom is -0.444 e. The molecule has 0 bridgehead atoms. The summed E-state index contributed by atoms with van der Waals surface area (Å²) in [4.78, 5) is 14.2. The Morgan fingerprint density at radius 1 is 1.21 bits per heavy atom. The lowest BCUT2D eigenvalue weighted by atomic mass is 10.1. The number of anilines is 1. The fourth-order valence-electron chi connectivity index (χ4n) is 3.09. The Bertz CT molecular complexity index is 606. The molecule has 0 aromatic heterocycles. The summed E-state index contributed by atoms with van der Waals surface area (Å²) in [5, 5.41) is 10.6. The fraction of sp³-hybridized carbons (Fsp3) is 0.667. The highest BCUT2D eigenvalue weighted by Crippen LogP contribution is 2.22. The number of rotatable bonds is 10. The quantitative estimate of drug-likeness (QED) is 0.436. The summed E-state index contributed by atoms with van der Waals surface area (Å²) < 4.78 is 11.8. The zero-order chi connectivity index (χ0) is 21.4. The van der Waals surface area contributed by atoms with Crippen molar-refractivity contribution in [2.75, 3.05) is 25.4 Å². The van der Waals surface area contributed by atoms with Crippen LogP contribution in [0.2, 0.25) is 18.1 Å². The molecule has 1 rings (SSSR count). The average molecular weight is 411 g/mol. The summed E-state index contributed by atoms with van der Waals surface area (Å²) in [6.07, 6.45) is -1.29. The van der Waals surface area contributed by atoms with Gasteiger partial charge in [-0.1, -0.05) is 32.9 Å². The van der Waals surface area contributed by atoms with Crippen LogP contribution in [-0.4, -0.2) is 49.7 Å². The van der Waals surface area contributed by atoms with Gasteiger partial charge in [-0.25, -0.2) is 4.79 Å². The van der Waals surface area contributed by atoms with Gasteiger partial charge in [0.25, 0.3) is 0 Å². The first-order chi connectivity index (χ1) is 13.1. The van der Waals surface area contributed by atoms with Crippen LogP contribution in [0, 0.1) is 0 Å². The number of nitrogens with zero attached hydrogens (tertiary/aromatic N) is 1. The molecule has 6 nitrogen and oxygen atoms in total. The summed E-state index contributed by atoms with van der Waals surface area (Å²) in [7, 11) is -1.73. The van der Waals surface area contributed by atoms with Crippen molar-refractivity contribution in [2.24, 2.45) is 0 Å². The molecule has 28 heavy (non-hydrogen) atoms. The van der Waals surface area contributed by atoms with Crippen LogP contribution in [0.5, 0.6) is 0 Å². The van der Waals surface area contributed by atoms with Crippen LogP contribution in [0.15, 0.2) is 24.3 Å². The minimum atomic E-state index is -1.73. The standard InChI is InChI=1S/C21H38N2O4Si/c1-7-28(8-2,9-3)26-14-13-23(20(25)27-21(4,5)6)16-19(24)17-11-10-12-18(22)15-17/h10-12,15,19,24H,7-9,13-14,16,22H2,1-6H3/t19-/m0/s1. The molecule has 0 aliphatic rings. The largest absolute Gasteiger partial charge is 0.444 e. The molecule has 160 valence electrons. The van der Waals surface area contributed by atoms with Gasteiger partial charge in [-0.3, -0.25) is 0 Å². The maximum Gasteiger partial charge on any atom is 0.410 e. The van der Waals surface area contributed by atoms with E-state index in [1.165, 1.54) is 4.90 Å². The lowest BCUT2D eigenvalue weighted by Gasteiger charge is -2.32. The maximum absolute atomic E-state index is 12.7. The van der Waals surface area contributed by atoms with E-state index in [2.05, 4.69) is 20.8 Å². The first-order valence-electron chi connectivity index (χ1n) is 10.2. The normalized spacial score (nSPS) is 13.2. The molecule has 1 amide bonds. The zero-order valence-electron chi connectivity index (χ0n) is 18.3. The third-order valence-electron chi connectivity index (χ3n) is 5.04. The number of aliphatic hydroxyl groups excluding tert-OH is 1. The van der Waals surface area contributed by atoms with Gasteiger partial charge < -0.3 is 24.9 Å². The SMILES string of the molecule is CC[Si](CC)(CC)OCCN(C[C@H](O)c1cccc(N)c1)C(=O)OC(C)(C)C. The summed E-state index contributed by atoms with van der Waals surface area (Å²) in [5.41, 5.74) is 6.46. The van der Waals surface area contributed by atoms with Gasteiger partial charge >= 0.3 is 6.09 Å². The summed E-state index contributed by atoms with van der Waals surface area (Å²) in [6, 6.07) is 10.2. The lowest BCUT2D eigenvalue weighted by Crippen LogP contribution is -2.43. The van der Waals surface area contributed by atoms with Gasteiger partial charge in [0.2, 0.25) is 0 Å². The number of carbonyl (C=O) groups excluding carboxylic acids is 1. The second-order valence-electron chi connectivity index (χ2n) is 8.20. The van der Waals surface area contributed by atoms with Crippen LogP contribution in [0.1, 0.15) is 53.2 Å². The number of benzene rings is 1. The Labute approximate surface area is 171 Å². The Balaban J connectivity index is 2.85. The van der Waals surface area contributed by atoms with E-state index < -0.39 is 26.1 Å². The molecule has 3 N–H and O–H groups in total. The third kappa shape index (κ3) is 7.81. The summed E-state index contributed by atoms with van der Waals surface area (Å²) >= 11 is 0. The highest BCUT2D eigenvalue weighted by Gasteiger charge is 2.30. The molecule has 0 fully saturated rings. The predicted molar refractivity (Wildman–Crippen MR) is 117 cm³/mol. The first-order valence-corrected chi connectivity index (χ1v) is 12.7. The zero-order valence-corrected chi connectivity index (χ0v) is 19.3. The molecular formula is C21H38N2O4Si. The number of hydrogen-bond donors (Lipinski definition) is 2. The van der Waals surface area contributed by atoms with Crippen molar-refractivity contribution in [1.29, 1.82) is 0 Å². The number of aliphatic hydroxyl groups is 1. The van der Waals surface area contributed by atoms with Gasteiger partial charge in [0.05, 0.1) is 19.3 Å². The number of ether oxygens (including phenoxy) is 1. The van der Waals surface area contributed by atoms with Gasteiger partial charge in [0.15, 0.2) is 8.32 Å². The molecule has 0 heterocycles. The number of hydrogen-bond acceptors (Lipinski definition) is 5. The van der Waals surface area contributed by atoms with Crippen molar-refractivity contribution < 1.29 is 19.1 Å². The Morgan fingerprint density at radius 2 is 1.82 bits per heavy atom. The first kappa shape index (κ1) is 24.5. The van der Waals surface area contributed by atoms with E-state index in [0.717, 1.165) is 18.1 Å². The number of nitrogens with two attached hydrogens (primary N) is 1. The molecular weight excluding hydrogens is 372 g/mol. The molecule has 0 unspecified atom stereocenters. The van der Waals surface area contributed by atoms with E-state index in [4.69, 9.17) is 14.9 Å². The fourth-order valence-corrected chi connectivity index (χ4v) is 5.73. The van der Waals surface area contributed by atoms with E-state index in [1.54, 1.807) is 24.3 Å². The highest BCUT2D eigenvalue weighted by molar-refractivity contribution is 6.73. The Kier molecular flexibility index (Phi) is 9.46. The van der Waals surface area contributed by atoms with E-state index in [0.29, 0.717) is 24.4 Å². The van der Waals surface area contributed by atoms with Crippen LogP contribution in [-0.2, 0) is 9.16 Å². The average Bonchev–Trinajstić information content (AvgIpc) is 2.63. The van der Waals surface area contributed by atoms with Crippen molar-refractivity contribution in [2.45, 2.75) is 71.4 Å². The maximum atomic E-state index is 12.7. The monoisotopic (exact) mass is 410 g/mol. The van der Waals surface area contributed by atoms with Crippen LogP contribution >= 0.6 is 0 Å². The van der Waals surface area contributed by atoms with E-state index >= 15 is 0 Å². The van der Waals surface area contributed by atoms with Crippen molar-refractivity contribution in [3.05, 3.63) is 29.8 Å². The second-order valence-corrected chi connectivity index (χ2v) is 13.0. The van der Waals surface area contributed by atoms with Gasteiger partial charge in [0, 0.05) is 12.2 Å². The Hall–Kier alpha value is -1.57. The van der Waals surface area contributed by atoms with Crippen LogP contribution in [0.25, 0.3) is 0 Å². The van der Waals surface area contributed by atoms with Gasteiger partial charge in [-0.15, -0.1) is 0 Å². The number of nitrogen functional groups attached to an aromatic ring is 1. The van der Waals surface area contributed by atoms with Crippen molar-refractivity contribution >= 4 is 20.1 Å². The number of carbonyl (C=O) groups is 1. The van der Waals surface area contributed by atoms with Gasteiger partial charge in [0.1, 0.15) is 5.60 Å². The molecule has 1 atom stereocenters. The smallest absolute Gasteiger partial charge is 0.410 e. The molecule has 0 aliphatic heterocycles. The molecule has 0 saturated heterocycles. The van der Waals surface area contributed by atoms with Crippen molar-refractivity contribution in [3.63, 3.8) is 0 Å². The van der Waals surface area contributed by atoms with E-state index in [9.17, 15) is 9.90 Å². The van der Waals surface area contributed by atoms with Gasteiger partial charge in [-0.2, -0.15) is 0 Å². The minimum absolute atomic E-state index is 0.126. The topological polar surface area (TPSA) is 85.0 Å². The Morgan fingerprint density at radius 3 is 2.32 bits per heavy atom. The molecule has 0 spiro atoms. The van der Waals surface area contributed by atoms with Gasteiger partial charge in [-0.05, 0) is 56.6 Å². The van der Waals surface area contributed by atoms with Crippen molar-refractivity contribution in [3.8, 4) is 0 Å². The van der Waals surface area contributed by atoms with E-state index in [1.807, 2.05) is 20.8 Å². The van der Waals surface area contributed by atoms with E-state index in [-0.39, 0.29) is 6.54 Å². The van der Waals surface area contributed by atoms with Crippen LogP contribution in [0.3, 0.4) is 0 Å². The van der Waals surface area contributed by atoms with Crippen LogP contribution < -0.4 is 5.73 Å². The molecule has 0 aliphatic carbocycles. The molecule has 7 heteroatoms. The predicted octanol–water partition coefficient (Wildman–Crippen LogP) is 4.56.